The van der Waals surface area contributed by atoms with E-state index in [9.17, 15) is 9.59 Å². The molecule has 0 aromatic heterocycles. The van der Waals surface area contributed by atoms with Crippen LogP contribution in [0.3, 0.4) is 0 Å². The van der Waals surface area contributed by atoms with Crippen molar-refractivity contribution in [2.45, 2.75) is 76.7 Å². The summed E-state index contributed by atoms with van der Waals surface area (Å²) in [7, 11) is 0. The smallest absolute Gasteiger partial charge is 0.320 e. The van der Waals surface area contributed by atoms with Gasteiger partial charge in [-0.25, -0.2) is 4.79 Å². The highest BCUT2D eigenvalue weighted by Crippen LogP contribution is 2.27. The Bertz CT molecular complexity index is 428. The summed E-state index contributed by atoms with van der Waals surface area (Å²) in [5.41, 5.74) is 0. The van der Waals surface area contributed by atoms with Gasteiger partial charge in [0.15, 0.2) is 0 Å². The highest BCUT2D eigenvalue weighted by molar-refractivity contribution is 5.77. The van der Waals surface area contributed by atoms with E-state index in [4.69, 9.17) is 0 Å². The van der Waals surface area contributed by atoms with Crippen LogP contribution in [0.25, 0.3) is 0 Å². The molecule has 1 saturated carbocycles. The number of nitrogens with one attached hydrogen (secondary N) is 1. The van der Waals surface area contributed by atoms with Crippen LogP contribution in [0.2, 0.25) is 0 Å². The Labute approximate surface area is 146 Å². The molecule has 2 saturated heterocycles. The van der Waals surface area contributed by atoms with E-state index >= 15 is 0 Å². The van der Waals surface area contributed by atoms with Gasteiger partial charge in [-0.3, -0.25) is 4.79 Å². The maximum atomic E-state index is 12.5. The van der Waals surface area contributed by atoms with Crippen LogP contribution >= 0.6 is 0 Å². The molecule has 0 aromatic rings. The predicted molar refractivity (Wildman–Crippen MR) is 94.7 cm³/mol. The molecule has 3 amide bonds. The van der Waals surface area contributed by atoms with Crippen molar-refractivity contribution in [2.75, 3.05) is 26.2 Å². The van der Waals surface area contributed by atoms with Crippen LogP contribution in [0, 0.1) is 5.92 Å². The zero-order valence-electron chi connectivity index (χ0n) is 15.0. The fourth-order valence-electron chi connectivity index (χ4n) is 4.49. The molecule has 0 radical (unpaired) electrons. The third-order valence-electron chi connectivity index (χ3n) is 5.94. The van der Waals surface area contributed by atoms with Crippen molar-refractivity contribution in [1.29, 1.82) is 0 Å². The molecule has 2 heterocycles. The summed E-state index contributed by atoms with van der Waals surface area (Å²) in [4.78, 5) is 28.7. The van der Waals surface area contributed by atoms with Gasteiger partial charge in [-0.2, -0.15) is 0 Å². The highest BCUT2D eigenvalue weighted by Gasteiger charge is 2.29. The summed E-state index contributed by atoms with van der Waals surface area (Å²) in [5, 5.41) is 3.18. The summed E-state index contributed by atoms with van der Waals surface area (Å²) < 4.78 is 0. The lowest BCUT2D eigenvalue weighted by atomic mass is 9.86. The second-order valence-corrected chi connectivity index (χ2v) is 7.87. The number of carbonyl (C=O) groups is 2. The highest BCUT2D eigenvalue weighted by atomic mass is 16.2. The average molecular weight is 335 g/mol. The van der Waals surface area contributed by atoms with Gasteiger partial charge in [0.05, 0.1) is 0 Å². The Balaban J connectivity index is 1.39. The third kappa shape index (κ3) is 4.87. The van der Waals surface area contributed by atoms with Crippen LogP contribution in [-0.4, -0.2) is 54.0 Å². The average Bonchev–Trinajstić information content (AvgIpc) is 3.15. The molecule has 24 heavy (non-hydrogen) atoms. The Morgan fingerprint density at radius 1 is 0.833 bits per heavy atom. The van der Waals surface area contributed by atoms with Crippen LogP contribution in [0.1, 0.15) is 70.6 Å². The number of likely N-dealkylation sites (tertiary alicyclic amines) is 2. The van der Waals surface area contributed by atoms with Gasteiger partial charge < -0.3 is 15.1 Å². The summed E-state index contributed by atoms with van der Waals surface area (Å²) in [6, 6.07) is 0.317. The summed E-state index contributed by atoms with van der Waals surface area (Å²) in [6.45, 7) is 3.32. The molecule has 1 N–H and O–H groups in total. The monoisotopic (exact) mass is 335 g/mol. The third-order valence-corrected chi connectivity index (χ3v) is 5.94. The normalized spacial score (nSPS) is 25.8. The van der Waals surface area contributed by atoms with E-state index in [1.165, 1.54) is 32.1 Å². The number of hydrogen-bond donors (Lipinski definition) is 1. The molecule has 0 aromatic carbocycles. The second kappa shape index (κ2) is 8.72. The lowest BCUT2D eigenvalue weighted by Gasteiger charge is -2.35. The van der Waals surface area contributed by atoms with E-state index < -0.39 is 0 Å². The molecular weight excluding hydrogens is 302 g/mol. The van der Waals surface area contributed by atoms with Crippen molar-refractivity contribution in [3.63, 3.8) is 0 Å². The first-order valence-corrected chi connectivity index (χ1v) is 10.1. The lowest BCUT2D eigenvalue weighted by molar-refractivity contribution is -0.122. The first-order chi connectivity index (χ1) is 11.7. The molecule has 3 aliphatic rings. The van der Waals surface area contributed by atoms with Crippen LogP contribution in [0.4, 0.5) is 4.79 Å². The topological polar surface area (TPSA) is 52.7 Å². The van der Waals surface area contributed by atoms with Gasteiger partial charge in [-0.05, 0) is 38.0 Å². The van der Waals surface area contributed by atoms with Gasteiger partial charge in [0.1, 0.15) is 0 Å². The van der Waals surface area contributed by atoms with Crippen LogP contribution in [-0.2, 0) is 4.79 Å². The molecule has 0 bridgehead atoms. The van der Waals surface area contributed by atoms with E-state index in [2.05, 4.69) is 5.32 Å². The number of carbonyl (C=O) groups excluding carboxylic acids is 2. The quantitative estimate of drug-likeness (QED) is 0.858. The molecule has 5 nitrogen and oxygen atoms in total. The van der Waals surface area contributed by atoms with Crippen molar-refractivity contribution >= 4 is 11.9 Å². The zero-order valence-corrected chi connectivity index (χ0v) is 15.0. The molecule has 1 unspecified atom stereocenters. The van der Waals surface area contributed by atoms with Gasteiger partial charge in [-0.1, -0.05) is 32.1 Å². The Hall–Kier alpha value is -1.26. The number of urea groups is 1. The Kier molecular flexibility index (Phi) is 6.38. The molecule has 1 atom stereocenters. The standard InChI is InChI=1S/C19H33N3O2/c23-18(11-10-16-7-2-1-3-8-16)20-17-9-6-14-22(15-17)19(24)21-12-4-5-13-21/h16-17H,1-15H2,(H,20,23). The minimum absolute atomic E-state index is 0.143. The SMILES string of the molecule is O=C(CCC1CCCCC1)NC1CCCN(C(=O)N2CCCC2)C1. The fourth-order valence-corrected chi connectivity index (χ4v) is 4.49. The summed E-state index contributed by atoms with van der Waals surface area (Å²) >= 11 is 0. The summed E-state index contributed by atoms with van der Waals surface area (Å²) in [6.07, 6.45) is 12.6. The van der Waals surface area contributed by atoms with Crippen molar-refractivity contribution in [2.24, 2.45) is 5.92 Å². The van der Waals surface area contributed by atoms with Gasteiger partial charge >= 0.3 is 6.03 Å². The maximum Gasteiger partial charge on any atom is 0.320 e. The molecule has 1 aliphatic carbocycles. The van der Waals surface area contributed by atoms with Crippen LogP contribution < -0.4 is 5.32 Å². The van der Waals surface area contributed by atoms with Crippen molar-refractivity contribution in [3.8, 4) is 0 Å². The van der Waals surface area contributed by atoms with E-state index in [1.54, 1.807) is 0 Å². The van der Waals surface area contributed by atoms with Gasteiger partial charge in [0.25, 0.3) is 0 Å². The first kappa shape index (κ1) is 17.6. The molecule has 3 rings (SSSR count). The van der Waals surface area contributed by atoms with Crippen LogP contribution in [0.15, 0.2) is 0 Å². The van der Waals surface area contributed by atoms with E-state index in [0.717, 1.165) is 57.7 Å². The first-order valence-electron chi connectivity index (χ1n) is 10.1. The number of nitrogens with zero attached hydrogens (tertiary/aromatic N) is 2. The van der Waals surface area contributed by atoms with E-state index in [1.807, 2.05) is 9.80 Å². The molecule has 2 aliphatic heterocycles. The Morgan fingerprint density at radius 3 is 2.29 bits per heavy atom. The largest absolute Gasteiger partial charge is 0.352 e. The Morgan fingerprint density at radius 2 is 1.54 bits per heavy atom. The summed E-state index contributed by atoms with van der Waals surface area (Å²) in [5.74, 6) is 0.935. The van der Waals surface area contributed by atoms with Gasteiger partial charge in [0, 0.05) is 38.6 Å². The van der Waals surface area contributed by atoms with Crippen molar-refractivity contribution in [3.05, 3.63) is 0 Å². The van der Waals surface area contributed by atoms with E-state index in [-0.39, 0.29) is 18.0 Å². The maximum absolute atomic E-state index is 12.5. The minimum Gasteiger partial charge on any atom is -0.352 e. The molecular formula is C19H33N3O2. The fraction of sp³-hybridized carbons (Fsp3) is 0.895. The number of amides is 3. The van der Waals surface area contributed by atoms with E-state index in [0.29, 0.717) is 13.0 Å². The zero-order chi connectivity index (χ0) is 16.8. The second-order valence-electron chi connectivity index (χ2n) is 7.87. The number of hydrogen-bond acceptors (Lipinski definition) is 2. The lowest BCUT2D eigenvalue weighted by Crippen LogP contribution is -2.52. The molecule has 136 valence electrons. The van der Waals surface area contributed by atoms with Crippen LogP contribution in [0.5, 0.6) is 0 Å². The molecule has 0 spiro atoms. The minimum atomic E-state index is 0.143. The molecule has 5 heteroatoms. The molecule has 3 fully saturated rings. The number of rotatable bonds is 4. The van der Waals surface area contributed by atoms with Gasteiger partial charge in [0.2, 0.25) is 5.91 Å². The van der Waals surface area contributed by atoms with Gasteiger partial charge in [-0.15, -0.1) is 0 Å². The predicted octanol–water partition coefficient (Wildman–Crippen LogP) is 3.14. The van der Waals surface area contributed by atoms with Crippen molar-refractivity contribution in [1.82, 2.24) is 15.1 Å². The number of piperidine rings is 1. The van der Waals surface area contributed by atoms with Crippen molar-refractivity contribution < 1.29 is 9.59 Å².